The van der Waals surface area contributed by atoms with E-state index in [4.69, 9.17) is 0 Å². The zero-order valence-corrected chi connectivity index (χ0v) is 34.5. The second-order valence-electron chi connectivity index (χ2n) is 8.56. The molecule has 0 heterocycles. The van der Waals surface area contributed by atoms with Crippen LogP contribution in [0.1, 0.15) is 249 Å². The van der Waals surface area contributed by atoms with Gasteiger partial charge in [0.1, 0.15) is 0 Å². The third kappa shape index (κ3) is 370. The fraction of sp³-hybridized carbons (Fsp3) is 0.950. The number of allylic oxidation sites excluding steroid dienone is 1. The van der Waals surface area contributed by atoms with Gasteiger partial charge in [0.05, 0.1) is 0 Å². The summed E-state index contributed by atoms with van der Waals surface area (Å²) < 4.78 is 0. The first-order valence-corrected chi connectivity index (χ1v) is 18.9. The Bertz CT molecular complexity index is 172. The first kappa shape index (κ1) is 72.2. The average molecular weight is 581 g/mol. The average Bonchev–Trinajstić information content (AvgIpc) is 3.00. The molecular weight excluding hydrogens is 480 g/mol. The molecule has 0 nitrogen and oxygen atoms in total. The maximum Gasteiger partial charge on any atom is -0.0356 e. The van der Waals surface area contributed by atoms with Crippen LogP contribution in [0.15, 0.2) is 12.7 Å². The van der Waals surface area contributed by atoms with E-state index in [1.165, 1.54) is 89.9 Å². The summed E-state index contributed by atoms with van der Waals surface area (Å²) in [4.78, 5) is 0. The summed E-state index contributed by atoms with van der Waals surface area (Å²) in [7, 11) is 0. The van der Waals surface area contributed by atoms with Crippen LogP contribution in [0.5, 0.6) is 0 Å². The zero-order valence-electron chi connectivity index (χ0n) is 34.5. The Morgan fingerprint density at radius 1 is 0.425 bits per heavy atom. The van der Waals surface area contributed by atoms with E-state index < -0.39 is 0 Å². The molecule has 1 unspecified atom stereocenters. The maximum absolute atomic E-state index is 3.55. The summed E-state index contributed by atoms with van der Waals surface area (Å²) in [5.41, 5.74) is 0. The molecular formula is C40H100. The standard InChI is InChI=1S/2C7H16.C5H10.C4H10.3C3H8.4C2H6/c1-4-6-7(3)5-2;1-3-5-7-6-4-2;1-3-5-4-2;1-3-4-2;3*1-3-2;4*1-2/h7H,4-6H2,1-3H3;3-7H2,1-2H3;3H,1,4-5H2,2H3;3-4H2,1-2H3;3*3H2,1-2H3;4*1-2H3. The summed E-state index contributed by atoms with van der Waals surface area (Å²) in [6.45, 7) is 50.1. The van der Waals surface area contributed by atoms with Crippen molar-refractivity contribution in [3.8, 4) is 0 Å². The summed E-state index contributed by atoms with van der Waals surface area (Å²) in [5, 5.41) is 0. The van der Waals surface area contributed by atoms with Gasteiger partial charge in [0.25, 0.3) is 0 Å². The number of hydrogen-bond donors (Lipinski definition) is 0. The minimum atomic E-state index is 0.949. The van der Waals surface area contributed by atoms with Crippen LogP contribution in [-0.2, 0) is 0 Å². The summed E-state index contributed by atoms with van der Waals surface area (Å²) in [6.07, 6.45) is 21.8. The molecule has 0 radical (unpaired) electrons. The van der Waals surface area contributed by atoms with Crippen LogP contribution < -0.4 is 0 Å². The Labute approximate surface area is 266 Å². The molecule has 0 spiro atoms. The first-order chi connectivity index (χ1) is 19.3. The molecule has 0 heteroatoms. The SMILES string of the molecule is C=CCCC.CC.CC.CC.CC.CCC.CCC.CCC.CCCC.CCCC(C)CC.CCCCCCC. The predicted molar refractivity (Wildman–Crippen MR) is 208 cm³/mol. The van der Waals surface area contributed by atoms with E-state index in [1.54, 1.807) is 0 Å². The van der Waals surface area contributed by atoms with Crippen LogP contribution in [-0.4, -0.2) is 0 Å². The second kappa shape index (κ2) is 157. The van der Waals surface area contributed by atoms with Gasteiger partial charge in [-0.25, -0.2) is 0 Å². The molecule has 0 aromatic carbocycles. The van der Waals surface area contributed by atoms with E-state index in [1.807, 2.05) is 61.5 Å². The lowest BCUT2D eigenvalue weighted by molar-refractivity contribution is 0.509. The van der Waals surface area contributed by atoms with Crippen LogP contribution in [0.25, 0.3) is 0 Å². The van der Waals surface area contributed by atoms with Crippen LogP contribution in [0, 0.1) is 5.92 Å². The fourth-order valence-electron chi connectivity index (χ4n) is 1.58. The van der Waals surface area contributed by atoms with Gasteiger partial charge in [0, 0.05) is 0 Å². The Hall–Kier alpha value is -0.260. The smallest absolute Gasteiger partial charge is 0.0356 e. The molecule has 0 N–H and O–H groups in total. The predicted octanol–water partition coefficient (Wildman–Crippen LogP) is 17.9. The largest absolute Gasteiger partial charge is 0.103 e. The van der Waals surface area contributed by atoms with E-state index in [-0.39, 0.29) is 0 Å². The Kier molecular flexibility index (Phi) is 284. The molecule has 0 fully saturated rings. The van der Waals surface area contributed by atoms with Gasteiger partial charge in [-0.05, 0) is 12.3 Å². The minimum Gasteiger partial charge on any atom is -0.103 e. The topological polar surface area (TPSA) is 0 Å². The van der Waals surface area contributed by atoms with Crippen molar-refractivity contribution in [1.82, 2.24) is 0 Å². The number of rotatable bonds is 10. The highest BCUT2D eigenvalue weighted by atomic mass is 14.0. The highest BCUT2D eigenvalue weighted by Crippen LogP contribution is 2.07. The van der Waals surface area contributed by atoms with E-state index in [0.717, 1.165) is 12.3 Å². The van der Waals surface area contributed by atoms with Crippen LogP contribution in [0.3, 0.4) is 0 Å². The van der Waals surface area contributed by atoms with Gasteiger partial charge < -0.3 is 0 Å². The van der Waals surface area contributed by atoms with E-state index in [0.29, 0.717) is 0 Å². The molecule has 0 rings (SSSR count). The Morgan fingerprint density at radius 2 is 0.700 bits per heavy atom. The van der Waals surface area contributed by atoms with E-state index in [9.17, 15) is 0 Å². The summed E-state index contributed by atoms with van der Waals surface area (Å²) in [5.74, 6) is 0.949. The van der Waals surface area contributed by atoms with Crippen molar-refractivity contribution in [3.63, 3.8) is 0 Å². The number of hydrogen-bond acceptors (Lipinski definition) is 0. The lowest BCUT2D eigenvalue weighted by Gasteiger charge is -2.02. The fourth-order valence-corrected chi connectivity index (χ4v) is 1.58. The molecule has 0 aliphatic carbocycles. The lowest BCUT2D eigenvalue weighted by atomic mass is 10.0. The van der Waals surface area contributed by atoms with Crippen molar-refractivity contribution in [2.75, 3.05) is 0 Å². The molecule has 0 aromatic rings. The molecule has 0 aliphatic rings. The molecule has 260 valence electrons. The molecule has 0 aliphatic heterocycles. The number of unbranched alkanes of at least 4 members (excludes halogenated alkanes) is 6. The van der Waals surface area contributed by atoms with Gasteiger partial charge in [-0.15, -0.1) is 6.58 Å². The molecule has 40 heavy (non-hydrogen) atoms. The highest BCUT2D eigenvalue weighted by Gasteiger charge is 1.92. The van der Waals surface area contributed by atoms with Crippen molar-refractivity contribution in [1.29, 1.82) is 0 Å². The minimum absolute atomic E-state index is 0.949. The van der Waals surface area contributed by atoms with Crippen molar-refractivity contribution < 1.29 is 0 Å². The second-order valence-corrected chi connectivity index (χ2v) is 8.56. The van der Waals surface area contributed by atoms with Gasteiger partial charge in [-0.2, -0.15) is 0 Å². The Morgan fingerprint density at radius 3 is 0.775 bits per heavy atom. The Balaban J connectivity index is -0.0000000267. The van der Waals surface area contributed by atoms with Crippen molar-refractivity contribution in [2.24, 2.45) is 5.92 Å². The van der Waals surface area contributed by atoms with Crippen LogP contribution >= 0.6 is 0 Å². The zero-order chi connectivity index (χ0) is 34.9. The summed E-state index contributed by atoms with van der Waals surface area (Å²) >= 11 is 0. The van der Waals surface area contributed by atoms with E-state index >= 15 is 0 Å². The van der Waals surface area contributed by atoms with Gasteiger partial charge >= 0.3 is 0 Å². The molecule has 0 saturated heterocycles. The van der Waals surface area contributed by atoms with Gasteiger partial charge in [0.15, 0.2) is 0 Å². The molecule has 0 amide bonds. The first-order valence-electron chi connectivity index (χ1n) is 18.9. The van der Waals surface area contributed by atoms with Gasteiger partial charge in [-0.1, -0.05) is 248 Å². The quantitative estimate of drug-likeness (QED) is 0.178. The van der Waals surface area contributed by atoms with Crippen molar-refractivity contribution >= 4 is 0 Å². The lowest BCUT2D eigenvalue weighted by Crippen LogP contribution is -1.88. The molecule has 0 aromatic heterocycles. The normalized spacial score (nSPS) is 7.75. The van der Waals surface area contributed by atoms with E-state index in [2.05, 4.69) is 104 Å². The molecule has 1 atom stereocenters. The van der Waals surface area contributed by atoms with Gasteiger partial charge in [0.2, 0.25) is 0 Å². The van der Waals surface area contributed by atoms with Crippen LogP contribution in [0.2, 0.25) is 0 Å². The third-order valence-electron chi connectivity index (χ3n) is 3.68. The third-order valence-corrected chi connectivity index (χ3v) is 3.68. The monoisotopic (exact) mass is 581 g/mol. The van der Waals surface area contributed by atoms with Crippen molar-refractivity contribution in [3.05, 3.63) is 12.7 Å². The van der Waals surface area contributed by atoms with Gasteiger partial charge in [-0.3, -0.25) is 0 Å². The summed E-state index contributed by atoms with van der Waals surface area (Å²) in [6, 6.07) is 0. The molecule has 0 saturated carbocycles. The maximum atomic E-state index is 3.55. The molecule has 0 bridgehead atoms. The van der Waals surface area contributed by atoms with Crippen molar-refractivity contribution in [2.45, 2.75) is 249 Å². The highest BCUT2D eigenvalue weighted by molar-refractivity contribution is 4.63. The van der Waals surface area contributed by atoms with Crippen LogP contribution in [0.4, 0.5) is 0 Å².